The van der Waals surface area contributed by atoms with Crippen LogP contribution in [0.3, 0.4) is 0 Å². The molecule has 0 aromatic carbocycles. The van der Waals surface area contributed by atoms with E-state index in [0.29, 0.717) is 11.6 Å². The van der Waals surface area contributed by atoms with Crippen molar-refractivity contribution in [2.45, 2.75) is 102 Å². The zero-order valence-electron chi connectivity index (χ0n) is 16.2. The second-order valence-electron chi connectivity index (χ2n) is 10.0. The first-order valence-corrected chi connectivity index (χ1v) is 11.8. The fourth-order valence-electron chi connectivity index (χ4n) is 4.98. The predicted octanol–water partition coefficient (Wildman–Crippen LogP) is 5.75. The average Bonchev–Trinajstić information content (AvgIpc) is 2.19. The van der Waals surface area contributed by atoms with Crippen LogP contribution in [0.1, 0.15) is 81.1 Å². The zero-order valence-corrected chi connectivity index (χ0v) is 18.0. The van der Waals surface area contributed by atoms with Crippen molar-refractivity contribution < 1.29 is 9.59 Å². The van der Waals surface area contributed by atoms with Crippen LogP contribution in [-0.2, 0) is 9.59 Å². The number of carbonyl (C=O) groups excluding carboxylic acids is 2. The molecule has 132 valence electrons. The first-order valence-electron chi connectivity index (χ1n) is 8.76. The Hall–Kier alpha value is 0.200. The van der Waals surface area contributed by atoms with Crippen LogP contribution in [0, 0.1) is 0 Å². The standard InChI is InChI=1S/C19H34O2P2/c1-16(2)9-14(20)10-17(3,4)22(16)13-23-18(5,6)11-15(21)12-19(23,7)8/h9-13H2,1-8H3. The lowest BCUT2D eigenvalue weighted by atomic mass is 9.96. The highest BCUT2D eigenvalue weighted by Crippen LogP contribution is 2.76. The first kappa shape index (κ1) is 19.5. The van der Waals surface area contributed by atoms with E-state index >= 15 is 0 Å². The summed E-state index contributed by atoms with van der Waals surface area (Å²) in [5.41, 5.74) is 0. The van der Waals surface area contributed by atoms with Gasteiger partial charge in [-0.05, 0) is 26.5 Å². The predicted molar refractivity (Wildman–Crippen MR) is 104 cm³/mol. The van der Waals surface area contributed by atoms with Gasteiger partial charge in [-0.3, -0.25) is 9.59 Å². The Bertz CT molecular complexity index is 431. The number of ketones is 2. The van der Waals surface area contributed by atoms with Crippen LogP contribution >= 0.6 is 15.8 Å². The van der Waals surface area contributed by atoms with Crippen molar-refractivity contribution in [2.24, 2.45) is 0 Å². The van der Waals surface area contributed by atoms with Gasteiger partial charge in [-0.25, -0.2) is 0 Å². The summed E-state index contributed by atoms with van der Waals surface area (Å²) in [6, 6.07) is 0. The molecule has 0 unspecified atom stereocenters. The number of Topliss-reactive ketones (excluding diaryl/α,β-unsaturated/α-hetero) is 2. The highest BCUT2D eigenvalue weighted by molar-refractivity contribution is 7.77. The molecule has 2 fully saturated rings. The molecule has 2 aliphatic heterocycles. The van der Waals surface area contributed by atoms with Crippen molar-refractivity contribution in [1.29, 1.82) is 0 Å². The third-order valence-electron chi connectivity index (χ3n) is 5.72. The van der Waals surface area contributed by atoms with Gasteiger partial charge >= 0.3 is 0 Å². The van der Waals surface area contributed by atoms with Crippen LogP contribution in [0.5, 0.6) is 0 Å². The van der Waals surface area contributed by atoms with Gasteiger partial charge in [0.1, 0.15) is 11.6 Å². The molecule has 0 saturated carbocycles. The number of hydrogen-bond donors (Lipinski definition) is 0. The Labute approximate surface area is 145 Å². The third-order valence-corrected chi connectivity index (χ3v) is 14.5. The van der Waals surface area contributed by atoms with Crippen LogP contribution in [0.15, 0.2) is 0 Å². The van der Waals surface area contributed by atoms with Gasteiger partial charge in [0, 0.05) is 25.7 Å². The summed E-state index contributed by atoms with van der Waals surface area (Å²) in [7, 11) is -0.484. The van der Waals surface area contributed by atoms with E-state index in [1.807, 2.05) is 0 Å². The molecule has 2 heterocycles. The SMILES string of the molecule is CC1(C)CC(=O)CC(C)(C)P1CP1C(C)(C)CC(=O)CC1(C)C. The lowest BCUT2D eigenvalue weighted by Gasteiger charge is -2.56. The Kier molecular flexibility index (Phi) is 4.99. The minimum absolute atomic E-state index is 0.129. The summed E-state index contributed by atoms with van der Waals surface area (Å²) in [5, 5.41) is 0.516. The van der Waals surface area contributed by atoms with Crippen molar-refractivity contribution in [3.63, 3.8) is 0 Å². The lowest BCUT2D eigenvalue weighted by molar-refractivity contribution is -0.121. The molecule has 0 radical (unpaired) electrons. The van der Waals surface area contributed by atoms with Gasteiger partial charge in [-0.2, -0.15) is 0 Å². The normalized spacial score (nSPS) is 30.4. The summed E-state index contributed by atoms with van der Waals surface area (Å²) in [5.74, 6) is 2.12. The fourth-order valence-corrected chi connectivity index (χ4v) is 17.0. The molecule has 2 rings (SSSR count). The maximum Gasteiger partial charge on any atom is 0.134 e. The fraction of sp³-hybridized carbons (Fsp3) is 0.895. The van der Waals surface area contributed by atoms with E-state index in [9.17, 15) is 9.59 Å². The van der Waals surface area contributed by atoms with E-state index in [1.165, 1.54) is 5.90 Å². The van der Waals surface area contributed by atoms with Crippen molar-refractivity contribution in [1.82, 2.24) is 0 Å². The molecule has 0 bridgehead atoms. The summed E-state index contributed by atoms with van der Waals surface area (Å²) < 4.78 is 0. The highest BCUT2D eigenvalue weighted by Gasteiger charge is 2.53. The van der Waals surface area contributed by atoms with Crippen molar-refractivity contribution in [3.05, 3.63) is 0 Å². The Morgan fingerprint density at radius 1 is 0.609 bits per heavy atom. The maximum atomic E-state index is 12.2. The number of rotatable bonds is 2. The van der Waals surface area contributed by atoms with Crippen molar-refractivity contribution in [2.75, 3.05) is 5.90 Å². The Morgan fingerprint density at radius 2 is 0.826 bits per heavy atom. The highest BCUT2D eigenvalue weighted by atomic mass is 31.2. The molecule has 23 heavy (non-hydrogen) atoms. The van der Waals surface area contributed by atoms with Gasteiger partial charge in [-0.1, -0.05) is 71.2 Å². The molecule has 0 amide bonds. The molecule has 0 spiro atoms. The smallest absolute Gasteiger partial charge is 0.134 e. The number of hydrogen-bond acceptors (Lipinski definition) is 2. The topological polar surface area (TPSA) is 34.1 Å². The Balaban J connectivity index is 2.34. The summed E-state index contributed by atoms with van der Waals surface area (Å²) >= 11 is 0. The molecular weight excluding hydrogens is 322 g/mol. The third kappa shape index (κ3) is 3.90. The second-order valence-corrected chi connectivity index (χ2v) is 17.7. The van der Waals surface area contributed by atoms with Gasteiger partial charge in [0.05, 0.1) is 0 Å². The van der Waals surface area contributed by atoms with Gasteiger partial charge in [-0.15, -0.1) is 0 Å². The van der Waals surface area contributed by atoms with E-state index in [-0.39, 0.29) is 36.5 Å². The summed E-state index contributed by atoms with van der Waals surface area (Å²) in [6.07, 6.45) is 2.96. The molecule has 2 aliphatic rings. The zero-order chi connectivity index (χ0) is 17.8. The van der Waals surface area contributed by atoms with E-state index in [4.69, 9.17) is 0 Å². The largest absolute Gasteiger partial charge is 0.300 e. The second kappa shape index (κ2) is 5.88. The molecule has 0 aliphatic carbocycles. The van der Waals surface area contributed by atoms with Gasteiger partial charge in [0.25, 0.3) is 0 Å². The van der Waals surface area contributed by atoms with Gasteiger partial charge in [0.2, 0.25) is 0 Å². The lowest BCUT2D eigenvalue weighted by Crippen LogP contribution is -2.44. The quantitative estimate of drug-likeness (QED) is 0.591. The molecule has 0 aromatic heterocycles. The molecule has 4 heteroatoms. The van der Waals surface area contributed by atoms with Crippen molar-refractivity contribution in [3.8, 4) is 0 Å². The maximum absolute atomic E-state index is 12.2. The molecular formula is C19H34O2P2. The van der Waals surface area contributed by atoms with Crippen molar-refractivity contribution >= 4 is 27.4 Å². The summed E-state index contributed by atoms with van der Waals surface area (Å²) in [4.78, 5) is 24.4. The molecule has 0 atom stereocenters. The molecule has 0 aromatic rings. The van der Waals surface area contributed by atoms with Crippen LogP contribution < -0.4 is 0 Å². The van der Waals surface area contributed by atoms with Crippen LogP contribution in [0.2, 0.25) is 0 Å². The van der Waals surface area contributed by atoms with Crippen LogP contribution in [0.25, 0.3) is 0 Å². The minimum atomic E-state index is -0.242. The summed E-state index contributed by atoms with van der Waals surface area (Å²) in [6.45, 7) is 18.5. The van der Waals surface area contributed by atoms with E-state index in [2.05, 4.69) is 55.4 Å². The van der Waals surface area contributed by atoms with E-state index in [1.54, 1.807) is 0 Å². The Morgan fingerprint density at radius 3 is 1.04 bits per heavy atom. The minimum Gasteiger partial charge on any atom is -0.300 e. The van der Waals surface area contributed by atoms with E-state index < -0.39 is 0 Å². The number of carbonyl (C=O) groups is 2. The van der Waals surface area contributed by atoms with Gasteiger partial charge in [0.15, 0.2) is 0 Å². The van der Waals surface area contributed by atoms with Crippen LogP contribution in [-0.4, -0.2) is 38.1 Å². The van der Waals surface area contributed by atoms with E-state index in [0.717, 1.165) is 25.7 Å². The molecule has 2 saturated heterocycles. The first-order chi connectivity index (χ1) is 10.2. The molecule has 0 N–H and O–H groups in total. The average molecular weight is 356 g/mol. The molecule has 2 nitrogen and oxygen atoms in total. The van der Waals surface area contributed by atoms with Crippen LogP contribution in [0.4, 0.5) is 0 Å². The van der Waals surface area contributed by atoms with Gasteiger partial charge < -0.3 is 0 Å². The monoisotopic (exact) mass is 356 g/mol.